The Morgan fingerprint density at radius 3 is 2.04 bits per heavy atom. The Morgan fingerprint density at radius 2 is 1.54 bits per heavy atom. The van der Waals surface area contributed by atoms with Crippen LogP contribution in [0.3, 0.4) is 0 Å². The number of carbonyl (C=O) groups is 1. The summed E-state index contributed by atoms with van der Waals surface area (Å²) in [5.41, 5.74) is 0.112. The van der Waals surface area contributed by atoms with Gasteiger partial charge < -0.3 is 14.6 Å². The number of aliphatic hydroxyl groups excluding tert-OH is 1. The van der Waals surface area contributed by atoms with E-state index in [0.29, 0.717) is 19.4 Å². The molecule has 3 rings (SSSR count). The SMILES string of the molecule is CCOC(C(=O)O[C@H]1CCCC[C@@H]1O)(c1ccccc1)c1ccccc1. The number of rotatable bonds is 6. The molecular weight excluding hydrogens is 328 g/mol. The first kappa shape index (κ1) is 18.6. The normalized spacial score (nSPS) is 20.5. The van der Waals surface area contributed by atoms with Crippen LogP contribution in [0.2, 0.25) is 0 Å². The van der Waals surface area contributed by atoms with Gasteiger partial charge in [-0.3, -0.25) is 0 Å². The monoisotopic (exact) mass is 354 g/mol. The molecule has 1 aliphatic rings. The minimum Gasteiger partial charge on any atom is -0.457 e. The Kier molecular flexibility index (Phi) is 6.07. The summed E-state index contributed by atoms with van der Waals surface area (Å²) in [7, 11) is 0. The van der Waals surface area contributed by atoms with E-state index in [-0.39, 0.29) is 0 Å². The first-order valence-electron chi connectivity index (χ1n) is 9.32. The van der Waals surface area contributed by atoms with Gasteiger partial charge in [-0.15, -0.1) is 0 Å². The molecule has 4 heteroatoms. The molecule has 2 aromatic carbocycles. The van der Waals surface area contributed by atoms with Crippen LogP contribution in [0.5, 0.6) is 0 Å². The molecule has 2 atom stereocenters. The summed E-state index contributed by atoms with van der Waals surface area (Å²) in [5.74, 6) is -0.470. The Morgan fingerprint density at radius 1 is 1.00 bits per heavy atom. The van der Waals surface area contributed by atoms with E-state index in [1.54, 1.807) is 0 Å². The Hall–Kier alpha value is -2.17. The number of hydrogen-bond donors (Lipinski definition) is 1. The second-order valence-corrected chi connectivity index (χ2v) is 6.64. The molecule has 0 bridgehead atoms. The summed E-state index contributed by atoms with van der Waals surface area (Å²) in [4.78, 5) is 13.4. The highest BCUT2D eigenvalue weighted by molar-refractivity contribution is 5.86. The van der Waals surface area contributed by atoms with E-state index < -0.39 is 23.8 Å². The van der Waals surface area contributed by atoms with Gasteiger partial charge in [0, 0.05) is 6.61 Å². The number of ether oxygens (including phenoxy) is 2. The Labute approximate surface area is 154 Å². The third kappa shape index (κ3) is 3.67. The fourth-order valence-electron chi connectivity index (χ4n) is 3.63. The maximum atomic E-state index is 13.4. The molecule has 0 unspecified atom stereocenters. The lowest BCUT2D eigenvalue weighted by Crippen LogP contribution is -2.45. The van der Waals surface area contributed by atoms with Gasteiger partial charge in [0.25, 0.3) is 0 Å². The molecule has 1 N–H and O–H groups in total. The molecule has 0 amide bonds. The van der Waals surface area contributed by atoms with E-state index in [4.69, 9.17) is 9.47 Å². The third-order valence-corrected chi connectivity index (χ3v) is 4.94. The van der Waals surface area contributed by atoms with Crippen molar-refractivity contribution in [2.75, 3.05) is 6.61 Å². The zero-order valence-electron chi connectivity index (χ0n) is 15.1. The van der Waals surface area contributed by atoms with Crippen LogP contribution < -0.4 is 0 Å². The molecule has 1 fully saturated rings. The summed E-state index contributed by atoms with van der Waals surface area (Å²) in [6.07, 6.45) is 2.16. The van der Waals surface area contributed by atoms with Crippen molar-refractivity contribution in [1.29, 1.82) is 0 Å². The molecule has 0 aromatic heterocycles. The maximum Gasteiger partial charge on any atom is 0.348 e. The lowest BCUT2D eigenvalue weighted by molar-refractivity contribution is -0.181. The highest BCUT2D eigenvalue weighted by atomic mass is 16.6. The minimum atomic E-state index is -1.34. The fourth-order valence-corrected chi connectivity index (χ4v) is 3.63. The van der Waals surface area contributed by atoms with Crippen molar-refractivity contribution in [3.8, 4) is 0 Å². The second-order valence-electron chi connectivity index (χ2n) is 6.64. The molecular formula is C22H26O4. The smallest absolute Gasteiger partial charge is 0.348 e. The molecule has 138 valence electrons. The van der Waals surface area contributed by atoms with Gasteiger partial charge in [0.15, 0.2) is 0 Å². The fraction of sp³-hybridized carbons (Fsp3) is 0.409. The van der Waals surface area contributed by atoms with Crippen LogP contribution in [0.15, 0.2) is 60.7 Å². The van der Waals surface area contributed by atoms with Crippen molar-refractivity contribution in [3.05, 3.63) is 71.8 Å². The van der Waals surface area contributed by atoms with E-state index in [1.807, 2.05) is 67.6 Å². The van der Waals surface area contributed by atoms with Gasteiger partial charge in [0.2, 0.25) is 5.60 Å². The van der Waals surface area contributed by atoms with Crippen molar-refractivity contribution in [2.24, 2.45) is 0 Å². The number of esters is 1. The van der Waals surface area contributed by atoms with Crippen LogP contribution in [0.25, 0.3) is 0 Å². The Balaban J connectivity index is 2.03. The number of aliphatic hydroxyl groups is 1. The van der Waals surface area contributed by atoms with Crippen molar-refractivity contribution >= 4 is 5.97 Å². The molecule has 0 aliphatic heterocycles. The van der Waals surface area contributed by atoms with Crippen molar-refractivity contribution < 1.29 is 19.4 Å². The summed E-state index contributed by atoms with van der Waals surface area (Å²) in [6, 6.07) is 18.8. The minimum absolute atomic E-state index is 0.353. The molecule has 0 radical (unpaired) electrons. The number of benzene rings is 2. The van der Waals surface area contributed by atoms with E-state index in [2.05, 4.69) is 0 Å². The summed E-state index contributed by atoms with van der Waals surface area (Å²) < 4.78 is 11.9. The van der Waals surface area contributed by atoms with Gasteiger partial charge in [-0.05, 0) is 37.3 Å². The Bertz CT molecular complexity index is 659. The summed E-state index contributed by atoms with van der Waals surface area (Å²) >= 11 is 0. The quantitative estimate of drug-likeness (QED) is 0.802. The van der Waals surface area contributed by atoms with Crippen LogP contribution in [0, 0.1) is 0 Å². The molecule has 4 nitrogen and oxygen atoms in total. The van der Waals surface area contributed by atoms with Gasteiger partial charge in [-0.1, -0.05) is 67.1 Å². The van der Waals surface area contributed by atoms with Gasteiger partial charge >= 0.3 is 5.97 Å². The van der Waals surface area contributed by atoms with Gasteiger partial charge in [0.05, 0.1) is 6.10 Å². The first-order chi connectivity index (χ1) is 12.7. The third-order valence-electron chi connectivity index (χ3n) is 4.94. The van der Waals surface area contributed by atoms with Crippen LogP contribution >= 0.6 is 0 Å². The average Bonchev–Trinajstić information content (AvgIpc) is 2.69. The van der Waals surface area contributed by atoms with Crippen molar-refractivity contribution in [3.63, 3.8) is 0 Å². The first-order valence-corrected chi connectivity index (χ1v) is 9.32. The predicted molar refractivity (Wildman–Crippen MR) is 99.6 cm³/mol. The molecule has 1 saturated carbocycles. The molecule has 26 heavy (non-hydrogen) atoms. The molecule has 0 heterocycles. The van der Waals surface area contributed by atoms with E-state index >= 15 is 0 Å². The lowest BCUT2D eigenvalue weighted by Gasteiger charge is -2.35. The molecule has 1 aliphatic carbocycles. The van der Waals surface area contributed by atoms with E-state index in [9.17, 15) is 9.90 Å². The largest absolute Gasteiger partial charge is 0.457 e. The number of hydrogen-bond acceptors (Lipinski definition) is 4. The predicted octanol–water partition coefficient (Wildman–Crippen LogP) is 3.81. The van der Waals surface area contributed by atoms with Crippen LogP contribution in [0.4, 0.5) is 0 Å². The highest BCUT2D eigenvalue weighted by Gasteiger charge is 2.46. The van der Waals surface area contributed by atoms with Gasteiger partial charge in [0.1, 0.15) is 6.10 Å². The van der Waals surface area contributed by atoms with Gasteiger partial charge in [-0.2, -0.15) is 0 Å². The molecule has 0 saturated heterocycles. The summed E-state index contributed by atoms with van der Waals surface area (Å²) in [5, 5.41) is 10.2. The van der Waals surface area contributed by atoms with Crippen LogP contribution in [-0.4, -0.2) is 29.9 Å². The summed E-state index contributed by atoms with van der Waals surface area (Å²) in [6.45, 7) is 2.22. The zero-order chi connectivity index (χ0) is 18.4. The molecule has 2 aromatic rings. The lowest BCUT2D eigenvalue weighted by atomic mass is 9.85. The van der Waals surface area contributed by atoms with Crippen LogP contribution in [-0.2, 0) is 19.9 Å². The zero-order valence-corrected chi connectivity index (χ0v) is 15.1. The number of carbonyl (C=O) groups excluding carboxylic acids is 1. The van der Waals surface area contributed by atoms with E-state index in [1.165, 1.54) is 0 Å². The van der Waals surface area contributed by atoms with Crippen molar-refractivity contribution in [1.82, 2.24) is 0 Å². The topological polar surface area (TPSA) is 55.8 Å². The highest BCUT2D eigenvalue weighted by Crippen LogP contribution is 2.36. The maximum absolute atomic E-state index is 13.4. The van der Waals surface area contributed by atoms with E-state index in [0.717, 1.165) is 24.0 Å². The average molecular weight is 354 g/mol. The van der Waals surface area contributed by atoms with Crippen molar-refractivity contribution in [2.45, 2.75) is 50.4 Å². The standard InChI is InChI=1S/C22H26O4/c1-2-25-22(17-11-5-3-6-12-17,18-13-7-4-8-14-18)21(24)26-20-16-10-9-15-19(20)23/h3-8,11-14,19-20,23H,2,9-10,15-16H2,1H3/t19-,20-/m0/s1. The second kappa shape index (κ2) is 8.47. The van der Waals surface area contributed by atoms with Gasteiger partial charge in [-0.25, -0.2) is 4.79 Å². The van der Waals surface area contributed by atoms with Crippen LogP contribution in [0.1, 0.15) is 43.7 Å². The molecule has 0 spiro atoms.